The lowest BCUT2D eigenvalue weighted by molar-refractivity contribution is -0.126. The van der Waals surface area contributed by atoms with Crippen molar-refractivity contribution in [1.82, 2.24) is 30.0 Å². The van der Waals surface area contributed by atoms with E-state index in [1.54, 1.807) is 7.11 Å². The number of hydrogen-bond donors (Lipinski definition) is 2. The van der Waals surface area contributed by atoms with Crippen LogP contribution in [0.4, 0.5) is 0 Å². The van der Waals surface area contributed by atoms with Crippen LogP contribution < -0.4 is 10.1 Å². The molecule has 3 heterocycles. The smallest absolute Gasteiger partial charge is 0.246 e. The van der Waals surface area contributed by atoms with E-state index >= 15 is 0 Å². The van der Waals surface area contributed by atoms with E-state index in [-0.39, 0.29) is 24.5 Å². The summed E-state index contributed by atoms with van der Waals surface area (Å²) in [5, 5.41) is 11.6. The fourth-order valence-electron chi connectivity index (χ4n) is 4.47. The molecule has 0 bridgehead atoms. The van der Waals surface area contributed by atoms with Crippen molar-refractivity contribution in [1.29, 1.82) is 0 Å². The molecule has 1 saturated heterocycles. The van der Waals surface area contributed by atoms with Crippen molar-refractivity contribution >= 4 is 16.8 Å². The average Bonchev–Trinajstić information content (AvgIpc) is 3.31. The summed E-state index contributed by atoms with van der Waals surface area (Å²) in [6, 6.07) is 6.07. The number of piperidine rings is 1. The van der Waals surface area contributed by atoms with Gasteiger partial charge in [0.25, 0.3) is 0 Å². The number of carbonyl (C=O) groups excluding carboxylic acids is 1. The van der Waals surface area contributed by atoms with Crippen LogP contribution in [0.2, 0.25) is 0 Å². The largest absolute Gasteiger partial charge is 0.497 e. The molecule has 1 amide bonds. The molecule has 2 N–H and O–H groups in total. The number of amides is 1. The first-order valence-electron chi connectivity index (χ1n) is 10.5. The predicted molar refractivity (Wildman–Crippen MR) is 117 cm³/mol. The summed E-state index contributed by atoms with van der Waals surface area (Å²) in [6.45, 7) is 4.34. The molecule has 1 aliphatic heterocycles. The van der Waals surface area contributed by atoms with Crippen LogP contribution in [0, 0.1) is 6.92 Å². The molecule has 0 aliphatic carbocycles. The van der Waals surface area contributed by atoms with Gasteiger partial charge in [-0.1, -0.05) is 0 Å². The van der Waals surface area contributed by atoms with Crippen molar-refractivity contribution in [3.8, 4) is 5.75 Å². The summed E-state index contributed by atoms with van der Waals surface area (Å²) >= 11 is 0. The van der Waals surface area contributed by atoms with Crippen LogP contribution in [0.3, 0.4) is 0 Å². The number of aromatic amines is 1. The number of H-pyrrole nitrogens is 1. The van der Waals surface area contributed by atoms with Gasteiger partial charge in [0, 0.05) is 50.3 Å². The molecule has 0 saturated carbocycles. The van der Waals surface area contributed by atoms with E-state index in [2.05, 4.69) is 55.3 Å². The number of nitrogens with zero attached hydrogens (tertiary/aromatic N) is 4. The molecule has 4 rings (SSSR count). The van der Waals surface area contributed by atoms with Gasteiger partial charge < -0.3 is 19.4 Å². The summed E-state index contributed by atoms with van der Waals surface area (Å²) in [6.07, 6.45) is 3.04. The fraction of sp³-hybridized carbons (Fsp3) is 0.500. The molecule has 1 fully saturated rings. The summed E-state index contributed by atoms with van der Waals surface area (Å²) in [5.74, 6) is 2.33. The Morgan fingerprint density at radius 2 is 2.19 bits per heavy atom. The van der Waals surface area contributed by atoms with Gasteiger partial charge in [-0.15, -0.1) is 0 Å². The molecule has 3 aromatic rings. The number of hydrogen-bond acceptors (Lipinski definition) is 6. The number of benzene rings is 1. The highest BCUT2D eigenvalue weighted by Crippen LogP contribution is 2.30. The highest BCUT2D eigenvalue weighted by molar-refractivity contribution is 5.85. The van der Waals surface area contributed by atoms with Gasteiger partial charge in [0.05, 0.1) is 13.2 Å². The highest BCUT2D eigenvalue weighted by atomic mass is 16.5. The summed E-state index contributed by atoms with van der Waals surface area (Å²) in [7, 11) is 5.27. The Morgan fingerprint density at radius 3 is 2.90 bits per heavy atom. The zero-order valence-electron chi connectivity index (χ0n) is 18.5. The van der Waals surface area contributed by atoms with E-state index in [9.17, 15) is 4.79 Å². The van der Waals surface area contributed by atoms with Crippen molar-refractivity contribution in [3.05, 3.63) is 41.6 Å². The lowest BCUT2D eigenvalue weighted by Crippen LogP contribution is -2.52. The number of fused-ring (bicyclic) bond motifs is 1. The van der Waals surface area contributed by atoms with Crippen LogP contribution in [0.1, 0.15) is 29.6 Å². The van der Waals surface area contributed by atoms with E-state index in [1.165, 1.54) is 23.6 Å². The first-order valence-corrected chi connectivity index (χ1v) is 10.5. The minimum absolute atomic E-state index is 0.0410. The minimum Gasteiger partial charge on any atom is -0.497 e. The van der Waals surface area contributed by atoms with Crippen LogP contribution >= 0.6 is 0 Å². The zero-order valence-corrected chi connectivity index (χ0v) is 18.5. The van der Waals surface area contributed by atoms with Crippen molar-refractivity contribution in [2.75, 3.05) is 33.9 Å². The first-order chi connectivity index (χ1) is 15.0. The quantitative estimate of drug-likeness (QED) is 0.597. The molecule has 9 heteroatoms. The number of nitrogens with one attached hydrogen (secondary N) is 2. The van der Waals surface area contributed by atoms with Gasteiger partial charge in [-0.3, -0.25) is 14.8 Å². The van der Waals surface area contributed by atoms with Gasteiger partial charge in [-0.2, -0.15) is 5.10 Å². The van der Waals surface area contributed by atoms with Crippen molar-refractivity contribution in [2.45, 2.75) is 31.8 Å². The number of rotatable bonds is 7. The standard InChI is InChI=1S/C22H30N6O3/c1-14-23-22(26-25-14)17-7-8-28(12-19(17)24-21(29)13-30-3)11-15-10-27(2)20-6-5-16(31-4)9-18(15)20/h5-6,9-10,17,19H,7-8,11-13H2,1-4H3,(H,24,29)(H,23,25,26)/t17-,19+/m0/s1. The summed E-state index contributed by atoms with van der Waals surface area (Å²) < 4.78 is 12.6. The number of aromatic nitrogens is 4. The Balaban J connectivity index is 1.55. The lowest BCUT2D eigenvalue weighted by Gasteiger charge is -2.37. The van der Waals surface area contributed by atoms with Crippen molar-refractivity contribution < 1.29 is 14.3 Å². The van der Waals surface area contributed by atoms with Crippen molar-refractivity contribution in [2.24, 2.45) is 7.05 Å². The third kappa shape index (κ3) is 4.57. The second-order valence-corrected chi connectivity index (χ2v) is 8.16. The summed E-state index contributed by atoms with van der Waals surface area (Å²) in [5.41, 5.74) is 2.41. The maximum absolute atomic E-state index is 12.3. The molecule has 0 spiro atoms. The molecule has 9 nitrogen and oxygen atoms in total. The molecule has 1 aromatic carbocycles. The van der Waals surface area contributed by atoms with Crippen LogP contribution in [-0.4, -0.2) is 70.5 Å². The number of likely N-dealkylation sites (tertiary alicyclic amines) is 1. The number of carbonyl (C=O) groups is 1. The Labute approximate surface area is 181 Å². The van der Waals surface area contributed by atoms with E-state index in [4.69, 9.17) is 9.47 Å². The molecular formula is C22H30N6O3. The van der Waals surface area contributed by atoms with E-state index in [0.717, 1.165) is 36.9 Å². The molecule has 0 radical (unpaired) electrons. The van der Waals surface area contributed by atoms with E-state index in [1.807, 2.05) is 13.0 Å². The number of ether oxygens (including phenoxy) is 2. The Morgan fingerprint density at radius 1 is 1.35 bits per heavy atom. The highest BCUT2D eigenvalue weighted by Gasteiger charge is 2.34. The van der Waals surface area contributed by atoms with Gasteiger partial charge >= 0.3 is 0 Å². The number of aryl methyl sites for hydroxylation is 2. The topological polar surface area (TPSA) is 97.3 Å². The van der Waals surface area contributed by atoms with Gasteiger partial charge in [0.1, 0.15) is 18.2 Å². The van der Waals surface area contributed by atoms with E-state index in [0.29, 0.717) is 6.54 Å². The number of methoxy groups -OCH3 is 2. The Hall–Kier alpha value is -2.91. The second kappa shape index (κ2) is 9.07. The maximum atomic E-state index is 12.3. The molecule has 31 heavy (non-hydrogen) atoms. The Kier molecular flexibility index (Phi) is 6.24. The van der Waals surface area contributed by atoms with Gasteiger partial charge in [0.2, 0.25) is 5.91 Å². The molecule has 0 unspecified atom stereocenters. The van der Waals surface area contributed by atoms with Gasteiger partial charge in [-0.05, 0) is 43.7 Å². The predicted octanol–water partition coefficient (Wildman–Crippen LogP) is 1.73. The normalized spacial score (nSPS) is 19.6. The van der Waals surface area contributed by atoms with E-state index < -0.39 is 0 Å². The van der Waals surface area contributed by atoms with Crippen LogP contribution in [0.25, 0.3) is 10.9 Å². The maximum Gasteiger partial charge on any atom is 0.246 e. The third-order valence-electron chi connectivity index (χ3n) is 5.94. The Bertz CT molecular complexity index is 1060. The molecule has 166 valence electrons. The van der Waals surface area contributed by atoms with Crippen LogP contribution in [0.5, 0.6) is 5.75 Å². The average molecular weight is 427 g/mol. The summed E-state index contributed by atoms with van der Waals surface area (Å²) in [4.78, 5) is 19.2. The zero-order chi connectivity index (χ0) is 22.0. The molecular weight excluding hydrogens is 396 g/mol. The van der Waals surface area contributed by atoms with Crippen LogP contribution in [-0.2, 0) is 23.1 Å². The lowest BCUT2D eigenvalue weighted by atomic mass is 9.90. The van der Waals surface area contributed by atoms with Gasteiger partial charge in [-0.25, -0.2) is 4.98 Å². The second-order valence-electron chi connectivity index (χ2n) is 8.16. The first kappa shape index (κ1) is 21.3. The monoisotopic (exact) mass is 426 g/mol. The third-order valence-corrected chi connectivity index (χ3v) is 5.94. The SMILES string of the molecule is COCC(=O)N[C@@H]1CN(Cc2cn(C)c3ccc(OC)cc23)CC[C@@H]1c1n[nH]c(C)n1. The molecule has 1 aliphatic rings. The minimum atomic E-state index is -0.124. The molecule has 2 aromatic heterocycles. The fourth-order valence-corrected chi connectivity index (χ4v) is 4.47. The van der Waals surface area contributed by atoms with Gasteiger partial charge in [0.15, 0.2) is 5.82 Å². The van der Waals surface area contributed by atoms with Crippen molar-refractivity contribution in [3.63, 3.8) is 0 Å². The van der Waals surface area contributed by atoms with Crippen LogP contribution in [0.15, 0.2) is 24.4 Å². The molecule has 2 atom stereocenters.